The van der Waals surface area contributed by atoms with E-state index in [1.807, 2.05) is 11.9 Å². The maximum Gasteiger partial charge on any atom is 0.275 e. The highest BCUT2D eigenvalue weighted by molar-refractivity contribution is 8.01. The van der Waals surface area contributed by atoms with Crippen molar-refractivity contribution in [1.29, 1.82) is 0 Å². The van der Waals surface area contributed by atoms with Crippen LogP contribution in [0.5, 0.6) is 0 Å². The van der Waals surface area contributed by atoms with E-state index in [0.717, 1.165) is 6.54 Å². The molecule has 0 radical (unpaired) electrons. The number of hydrazone groups is 1. The molecule has 0 aromatic carbocycles. The summed E-state index contributed by atoms with van der Waals surface area (Å²) in [4.78, 5) is 16.3. The molecule has 2 aliphatic rings. The van der Waals surface area contributed by atoms with Gasteiger partial charge in [0.05, 0.1) is 13.3 Å². The van der Waals surface area contributed by atoms with Gasteiger partial charge in [-0.25, -0.2) is 10.1 Å². The van der Waals surface area contributed by atoms with Crippen LogP contribution in [-0.4, -0.2) is 76.3 Å². The molecule has 0 amide bonds. The number of thioether (sulfide) groups is 1. The summed E-state index contributed by atoms with van der Waals surface area (Å²) < 4.78 is 0. The number of nitro groups is 1. The second-order valence-corrected chi connectivity index (χ2v) is 6.78. The van der Waals surface area contributed by atoms with Crippen LogP contribution in [0.25, 0.3) is 0 Å². The lowest BCUT2D eigenvalue weighted by molar-refractivity contribution is -0.486. The van der Waals surface area contributed by atoms with Gasteiger partial charge in [0.2, 0.25) is 0 Å². The highest BCUT2D eigenvalue weighted by Crippen LogP contribution is 2.26. The van der Waals surface area contributed by atoms with E-state index >= 15 is 0 Å². The Morgan fingerprint density at radius 3 is 2.89 bits per heavy atom. The van der Waals surface area contributed by atoms with Gasteiger partial charge in [-0.15, -0.1) is 11.8 Å². The topological polar surface area (TPSA) is 77.2 Å². The van der Waals surface area contributed by atoms with Crippen LogP contribution in [0.2, 0.25) is 0 Å². The molecule has 0 saturated carbocycles. The maximum atomic E-state index is 10.6. The largest absolute Gasteiger partial charge is 0.328 e. The molecule has 2 fully saturated rings. The molecular formula is C9H17ClN6O2S. The Balaban J connectivity index is 2.07. The van der Waals surface area contributed by atoms with Crippen LogP contribution in [0.4, 0.5) is 0 Å². The summed E-state index contributed by atoms with van der Waals surface area (Å²) in [5, 5.41) is 16.9. The molecule has 2 saturated heterocycles. The number of alkyl halides is 1. The molecule has 19 heavy (non-hydrogen) atoms. The predicted molar refractivity (Wildman–Crippen MR) is 75.4 cm³/mol. The van der Waals surface area contributed by atoms with Gasteiger partial charge in [-0.05, 0) is 7.05 Å². The highest BCUT2D eigenvalue weighted by atomic mass is 35.5. The van der Waals surface area contributed by atoms with Crippen molar-refractivity contribution < 1.29 is 5.03 Å². The van der Waals surface area contributed by atoms with E-state index in [1.165, 1.54) is 0 Å². The van der Waals surface area contributed by atoms with Crippen molar-refractivity contribution in [3.63, 3.8) is 0 Å². The standard InChI is InChI=1S/C9H17ClN6O2S/c1-13-5-14(2)9(12-16(17)18)15(6-13)4-7-3-11-8(10)19-7/h7-8,11H,3-6H2,1-2H3/b12-9+/t7?,8-/m0/s1. The number of guanidine groups is 1. The quantitative estimate of drug-likeness (QED) is 0.336. The van der Waals surface area contributed by atoms with Gasteiger partial charge in [0.25, 0.3) is 5.96 Å². The van der Waals surface area contributed by atoms with Gasteiger partial charge in [0.1, 0.15) is 9.93 Å². The monoisotopic (exact) mass is 308 g/mol. The molecule has 2 aliphatic heterocycles. The summed E-state index contributed by atoms with van der Waals surface area (Å²) in [6, 6.07) is 0. The summed E-state index contributed by atoms with van der Waals surface area (Å²) >= 11 is 7.61. The van der Waals surface area contributed by atoms with Gasteiger partial charge in [0.15, 0.2) is 5.03 Å². The Morgan fingerprint density at radius 1 is 1.58 bits per heavy atom. The van der Waals surface area contributed by atoms with Crippen molar-refractivity contribution in [2.45, 2.75) is 10.1 Å². The van der Waals surface area contributed by atoms with Crippen LogP contribution in [-0.2, 0) is 0 Å². The normalized spacial score (nSPS) is 31.2. The molecule has 0 aromatic rings. The lowest BCUT2D eigenvalue weighted by Crippen LogP contribution is -2.57. The van der Waals surface area contributed by atoms with E-state index in [-0.39, 0.29) is 4.83 Å². The maximum absolute atomic E-state index is 10.6. The molecule has 1 N–H and O–H groups in total. The van der Waals surface area contributed by atoms with Gasteiger partial charge in [0, 0.05) is 25.4 Å². The minimum absolute atomic E-state index is 0.0823. The molecule has 2 atom stereocenters. The van der Waals surface area contributed by atoms with E-state index in [4.69, 9.17) is 11.6 Å². The lowest BCUT2D eigenvalue weighted by Gasteiger charge is -2.40. The van der Waals surface area contributed by atoms with Gasteiger partial charge < -0.3 is 9.80 Å². The van der Waals surface area contributed by atoms with Crippen LogP contribution in [0, 0.1) is 10.1 Å². The number of nitrogens with one attached hydrogen (secondary N) is 1. The van der Waals surface area contributed by atoms with Crippen LogP contribution in [0.15, 0.2) is 5.10 Å². The second kappa shape index (κ2) is 6.12. The Labute approximate surface area is 120 Å². The first kappa shape index (κ1) is 14.6. The van der Waals surface area contributed by atoms with Gasteiger partial charge in [-0.1, -0.05) is 11.6 Å². The van der Waals surface area contributed by atoms with Crippen LogP contribution in [0.3, 0.4) is 0 Å². The molecule has 0 spiro atoms. The third kappa shape index (κ3) is 3.85. The summed E-state index contributed by atoms with van der Waals surface area (Å²) in [5.41, 5.74) is 0. The van der Waals surface area contributed by atoms with Crippen molar-refractivity contribution in [2.75, 3.05) is 40.5 Å². The van der Waals surface area contributed by atoms with E-state index in [9.17, 15) is 10.1 Å². The summed E-state index contributed by atoms with van der Waals surface area (Å²) in [5.74, 6) is 0.404. The molecule has 1 unspecified atom stereocenters. The Bertz CT molecular complexity index is 384. The molecule has 108 valence electrons. The van der Waals surface area contributed by atoms with E-state index in [2.05, 4.69) is 15.3 Å². The Hall–Kier alpha value is -0.770. The van der Waals surface area contributed by atoms with Gasteiger partial charge in [-0.3, -0.25) is 10.2 Å². The number of nitrogens with zero attached hydrogens (tertiary/aromatic N) is 5. The lowest BCUT2D eigenvalue weighted by atomic mass is 10.3. The Kier molecular flexibility index (Phi) is 4.71. The SMILES string of the molecule is CN1CN(C)/C(=N\[N+](=O)[O-])N(CC2CN[C@H](Cl)S2)C1. The van der Waals surface area contributed by atoms with Crippen molar-refractivity contribution in [2.24, 2.45) is 5.10 Å². The minimum atomic E-state index is -0.644. The van der Waals surface area contributed by atoms with Crippen LogP contribution in [0.1, 0.15) is 0 Å². The van der Waals surface area contributed by atoms with Crippen molar-refractivity contribution >= 4 is 29.3 Å². The third-order valence-electron chi connectivity index (χ3n) is 2.90. The molecule has 10 heteroatoms. The zero-order valence-corrected chi connectivity index (χ0v) is 12.4. The predicted octanol–water partition coefficient (Wildman–Crippen LogP) is -0.144. The minimum Gasteiger partial charge on any atom is -0.328 e. The molecule has 0 aliphatic carbocycles. The molecule has 8 nitrogen and oxygen atoms in total. The van der Waals surface area contributed by atoms with Gasteiger partial charge in [-0.2, -0.15) is 0 Å². The van der Waals surface area contributed by atoms with Crippen molar-refractivity contribution in [3.8, 4) is 0 Å². The second-order valence-electron chi connectivity index (χ2n) is 4.68. The average Bonchev–Trinajstić information content (AvgIpc) is 2.69. The highest BCUT2D eigenvalue weighted by Gasteiger charge is 2.32. The number of hydrogen-bond acceptors (Lipinski definition) is 5. The fourth-order valence-corrected chi connectivity index (χ4v) is 3.78. The number of halogens is 1. The zero-order chi connectivity index (χ0) is 14.0. The third-order valence-corrected chi connectivity index (χ3v) is 4.47. The smallest absolute Gasteiger partial charge is 0.275 e. The van der Waals surface area contributed by atoms with E-state index in [1.54, 1.807) is 23.7 Å². The first-order valence-corrected chi connectivity index (χ1v) is 7.24. The van der Waals surface area contributed by atoms with Crippen molar-refractivity contribution in [1.82, 2.24) is 20.0 Å². The van der Waals surface area contributed by atoms with Crippen LogP contribution < -0.4 is 5.32 Å². The fraction of sp³-hybridized carbons (Fsp3) is 0.889. The van der Waals surface area contributed by atoms with Gasteiger partial charge >= 0.3 is 0 Å². The molecule has 2 heterocycles. The first-order chi connectivity index (χ1) is 8.95. The number of hydrogen-bond donors (Lipinski definition) is 1. The number of rotatable bonds is 3. The summed E-state index contributed by atoms with van der Waals surface area (Å²) in [6.07, 6.45) is 0. The summed E-state index contributed by atoms with van der Waals surface area (Å²) in [6.45, 7) is 2.73. The van der Waals surface area contributed by atoms with E-state index < -0.39 is 5.03 Å². The first-order valence-electron chi connectivity index (χ1n) is 5.86. The average molecular weight is 309 g/mol. The van der Waals surface area contributed by atoms with Crippen LogP contribution >= 0.6 is 23.4 Å². The molecular weight excluding hydrogens is 292 g/mol. The summed E-state index contributed by atoms with van der Waals surface area (Å²) in [7, 11) is 3.77. The van der Waals surface area contributed by atoms with Crippen molar-refractivity contribution in [3.05, 3.63) is 10.1 Å². The molecule has 0 bridgehead atoms. The van der Waals surface area contributed by atoms with E-state index in [0.29, 0.717) is 31.1 Å². The fourth-order valence-electron chi connectivity index (χ4n) is 2.26. The molecule has 0 aromatic heterocycles. The zero-order valence-electron chi connectivity index (χ0n) is 10.8. The molecule has 2 rings (SSSR count). The Morgan fingerprint density at radius 2 is 2.32 bits per heavy atom.